The van der Waals surface area contributed by atoms with Gasteiger partial charge in [-0.1, -0.05) is 39.0 Å². The fourth-order valence-electron chi connectivity index (χ4n) is 2.45. The van der Waals surface area contributed by atoms with Gasteiger partial charge in [-0.25, -0.2) is 0 Å². The van der Waals surface area contributed by atoms with Crippen LogP contribution in [0.2, 0.25) is 0 Å². The van der Waals surface area contributed by atoms with Gasteiger partial charge in [0.2, 0.25) is 5.91 Å². The molecule has 0 fully saturated rings. The summed E-state index contributed by atoms with van der Waals surface area (Å²) in [5.41, 5.74) is 7.89. The number of nitrogens with two attached hydrogens (primary N) is 1. The van der Waals surface area contributed by atoms with Gasteiger partial charge in [0, 0.05) is 18.3 Å². The number of rotatable bonds is 2. The summed E-state index contributed by atoms with van der Waals surface area (Å²) in [6.45, 7) is 10.9. The van der Waals surface area contributed by atoms with E-state index in [9.17, 15) is 4.79 Å². The number of hydrogen-bond acceptors (Lipinski definition) is 2. The average molecular weight is 260 g/mol. The van der Waals surface area contributed by atoms with E-state index in [0.29, 0.717) is 6.54 Å². The van der Waals surface area contributed by atoms with Crippen molar-refractivity contribution < 1.29 is 4.79 Å². The molecule has 1 atom stereocenters. The first-order valence-electron chi connectivity index (χ1n) is 6.83. The maximum atomic E-state index is 12.6. The zero-order valence-corrected chi connectivity index (χ0v) is 12.5. The molecule has 3 nitrogen and oxygen atoms in total. The Morgan fingerprint density at radius 3 is 2.42 bits per heavy atom. The first kappa shape index (κ1) is 14.1. The lowest BCUT2D eigenvalue weighted by molar-refractivity contribution is -0.122. The smallest absolute Gasteiger partial charge is 0.237 e. The maximum Gasteiger partial charge on any atom is 0.237 e. The molecule has 1 aromatic rings. The van der Waals surface area contributed by atoms with Crippen molar-refractivity contribution in [2.45, 2.75) is 46.1 Å². The van der Waals surface area contributed by atoms with Crippen LogP contribution in [0, 0.1) is 5.41 Å². The van der Waals surface area contributed by atoms with E-state index in [0.717, 1.165) is 11.3 Å². The molecule has 3 heteroatoms. The van der Waals surface area contributed by atoms with E-state index in [-0.39, 0.29) is 17.4 Å². The number of carbonyl (C=O) groups is 1. The summed E-state index contributed by atoms with van der Waals surface area (Å²) in [5, 5.41) is 0. The second kappa shape index (κ2) is 4.34. The molecule has 104 valence electrons. The van der Waals surface area contributed by atoms with E-state index in [1.165, 1.54) is 0 Å². The summed E-state index contributed by atoms with van der Waals surface area (Å²) in [6, 6.07) is 7.97. The quantitative estimate of drug-likeness (QED) is 0.888. The molecule has 1 unspecified atom stereocenters. The normalized spacial score (nSPS) is 19.5. The van der Waals surface area contributed by atoms with E-state index < -0.39 is 5.41 Å². The van der Waals surface area contributed by atoms with Gasteiger partial charge in [0.25, 0.3) is 0 Å². The molecule has 0 aliphatic carbocycles. The van der Waals surface area contributed by atoms with E-state index in [4.69, 9.17) is 5.73 Å². The van der Waals surface area contributed by atoms with Gasteiger partial charge in [0.15, 0.2) is 0 Å². The van der Waals surface area contributed by atoms with Crippen molar-refractivity contribution in [3.05, 3.63) is 29.8 Å². The fourth-order valence-corrected chi connectivity index (χ4v) is 2.45. The third-order valence-corrected chi connectivity index (χ3v) is 4.14. The highest BCUT2D eigenvalue weighted by Crippen LogP contribution is 2.41. The van der Waals surface area contributed by atoms with Crippen LogP contribution in [0.1, 0.15) is 40.2 Å². The number of anilines is 1. The van der Waals surface area contributed by atoms with Gasteiger partial charge in [-0.2, -0.15) is 0 Å². The van der Waals surface area contributed by atoms with Crippen molar-refractivity contribution in [3.8, 4) is 0 Å². The number of benzene rings is 1. The number of para-hydroxylation sites is 1. The van der Waals surface area contributed by atoms with Crippen LogP contribution in [0.5, 0.6) is 0 Å². The lowest BCUT2D eigenvalue weighted by Gasteiger charge is -2.31. The number of nitrogens with zero attached hydrogens (tertiary/aromatic N) is 1. The Bertz CT molecular complexity index is 500. The Kier molecular flexibility index (Phi) is 3.21. The van der Waals surface area contributed by atoms with Gasteiger partial charge >= 0.3 is 0 Å². The standard InChI is InChI=1S/C16H24N2O/c1-15(2,3)13(17)10-18-12-9-7-6-8-11(12)16(4,5)14(18)19/h6-9,13H,10,17H2,1-5H3. The maximum absolute atomic E-state index is 12.6. The Hall–Kier alpha value is -1.35. The van der Waals surface area contributed by atoms with Crippen LogP contribution < -0.4 is 10.6 Å². The molecular formula is C16H24N2O. The third kappa shape index (κ3) is 2.27. The number of fused-ring (bicyclic) bond motifs is 1. The van der Waals surface area contributed by atoms with Crippen LogP contribution in [0.3, 0.4) is 0 Å². The van der Waals surface area contributed by atoms with E-state index >= 15 is 0 Å². The summed E-state index contributed by atoms with van der Waals surface area (Å²) < 4.78 is 0. The molecule has 1 aromatic carbocycles. The summed E-state index contributed by atoms with van der Waals surface area (Å²) in [7, 11) is 0. The van der Waals surface area contributed by atoms with Crippen LogP contribution in [0.25, 0.3) is 0 Å². The molecule has 0 bridgehead atoms. The van der Waals surface area contributed by atoms with Crippen molar-refractivity contribution in [2.24, 2.45) is 11.1 Å². The summed E-state index contributed by atoms with van der Waals surface area (Å²) >= 11 is 0. The van der Waals surface area contributed by atoms with Crippen molar-refractivity contribution in [1.82, 2.24) is 0 Å². The molecule has 0 radical (unpaired) electrons. The average Bonchev–Trinajstić information content (AvgIpc) is 2.50. The van der Waals surface area contributed by atoms with Crippen LogP contribution in [-0.4, -0.2) is 18.5 Å². The van der Waals surface area contributed by atoms with Crippen molar-refractivity contribution in [2.75, 3.05) is 11.4 Å². The summed E-state index contributed by atoms with van der Waals surface area (Å²) in [4.78, 5) is 14.5. The molecule has 1 aliphatic rings. The summed E-state index contributed by atoms with van der Waals surface area (Å²) in [5.74, 6) is 0.147. The number of amides is 1. The van der Waals surface area contributed by atoms with Crippen LogP contribution >= 0.6 is 0 Å². The number of carbonyl (C=O) groups excluding carboxylic acids is 1. The molecule has 0 spiro atoms. The number of hydrogen-bond donors (Lipinski definition) is 1. The topological polar surface area (TPSA) is 46.3 Å². The van der Waals surface area contributed by atoms with Gasteiger partial charge in [-0.05, 0) is 30.9 Å². The van der Waals surface area contributed by atoms with Crippen LogP contribution in [0.4, 0.5) is 5.69 Å². The third-order valence-electron chi connectivity index (χ3n) is 4.14. The van der Waals surface area contributed by atoms with Crippen molar-refractivity contribution >= 4 is 11.6 Å². The minimum absolute atomic E-state index is 0.0119. The monoisotopic (exact) mass is 260 g/mol. The molecule has 2 rings (SSSR count). The highest BCUT2D eigenvalue weighted by Gasteiger charge is 2.44. The highest BCUT2D eigenvalue weighted by atomic mass is 16.2. The Morgan fingerprint density at radius 2 is 1.84 bits per heavy atom. The first-order valence-corrected chi connectivity index (χ1v) is 6.83. The first-order chi connectivity index (χ1) is 8.65. The van der Waals surface area contributed by atoms with E-state index in [1.54, 1.807) is 0 Å². The molecule has 1 heterocycles. The molecule has 2 N–H and O–H groups in total. The summed E-state index contributed by atoms with van der Waals surface area (Å²) in [6.07, 6.45) is 0. The largest absolute Gasteiger partial charge is 0.326 e. The Balaban J connectivity index is 2.36. The lowest BCUT2D eigenvalue weighted by atomic mass is 9.86. The predicted molar refractivity (Wildman–Crippen MR) is 79.3 cm³/mol. The van der Waals surface area contributed by atoms with Crippen molar-refractivity contribution in [3.63, 3.8) is 0 Å². The SMILES string of the molecule is CC1(C)C(=O)N(CC(N)C(C)(C)C)c2ccccc21. The van der Waals surface area contributed by atoms with Crippen LogP contribution in [-0.2, 0) is 10.2 Å². The Morgan fingerprint density at radius 1 is 1.26 bits per heavy atom. The van der Waals surface area contributed by atoms with Gasteiger partial charge in [0.1, 0.15) is 0 Å². The second-order valence-electron chi connectivity index (χ2n) is 7.03. The lowest BCUT2D eigenvalue weighted by Crippen LogP contribution is -2.48. The Labute approximate surface area is 115 Å². The second-order valence-corrected chi connectivity index (χ2v) is 7.03. The fraction of sp³-hybridized carbons (Fsp3) is 0.562. The molecule has 0 aromatic heterocycles. The van der Waals surface area contributed by atoms with Gasteiger partial charge in [-0.3, -0.25) is 4.79 Å². The molecule has 19 heavy (non-hydrogen) atoms. The van der Waals surface area contributed by atoms with E-state index in [1.807, 2.05) is 43.0 Å². The molecule has 1 aliphatic heterocycles. The minimum atomic E-state index is -0.450. The van der Waals surface area contributed by atoms with Crippen molar-refractivity contribution in [1.29, 1.82) is 0 Å². The molecule has 0 saturated heterocycles. The molecule has 1 amide bonds. The molecular weight excluding hydrogens is 236 g/mol. The van der Waals surface area contributed by atoms with E-state index in [2.05, 4.69) is 20.8 Å². The zero-order valence-electron chi connectivity index (χ0n) is 12.5. The van der Waals surface area contributed by atoms with Crippen LogP contribution in [0.15, 0.2) is 24.3 Å². The predicted octanol–water partition coefficient (Wildman–Crippen LogP) is 2.68. The minimum Gasteiger partial charge on any atom is -0.326 e. The molecule has 0 saturated carbocycles. The zero-order chi connectivity index (χ0) is 14.4. The highest BCUT2D eigenvalue weighted by molar-refractivity contribution is 6.07. The van der Waals surface area contributed by atoms with Gasteiger partial charge in [0.05, 0.1) is 5.41 Å². The van der Waals surface area contributed by atoms with Gasteiger partial charge < -0.3 is 10.6 Å². The van der Waals surface area contributed by atoms with Gasteiger partial charge in [-0.15, -0.1) is 0 Å².